The molecule has 2 aliphatic heterocycles. The Bertz CT molecular complexity index is 1290. The summed E-state index contributed by atoms with van der Waals surface area (Å²) in [5, 5.41) is 7.82. The number of hydrogen-bond donors (Lipinski definition) is 1. The Morgan fingerprint density at radius 3 is 2.51 bits per heavy atom. The fourth-order valence-corrected chi connectivity index (χ4v) is 6.82. The van der Waals surface area contributed by atoms with E-state index in [0.29, 0.717) is 58.5 Å². The number of anilines is 1. The van der Waals surface area contributed by atoms with Gasteiger partial charge in [-0.1, -0.05) is 25.4 Å². The number of methoxy groups -OCH3 is 1. The quantitative estimate of drug-likeness (QED) is 0.440. The first-order valence-electron chi connectivity index (χ1n) is 14.0. The van der Waals surface area contributed by atoms with E-state index in [-0.39, 0.29) is 33.8 Å². The standard InChI is InChI=1S/C29H37ClF2N4O5/c1-27(2)7-6-19-17-33-36(23(19)27)29(24(37)34-21-5-4-20(30)16-22(21)41-26(31)32)8-12-35(13-9-29)18-28(25(38)39-3)10-14-40-15-11-28/h4-5,16-17,26H,6-15,18H2,1-3H3,(H,34,37). The number of nitrogens with one attached hydrogen (secondary N) is 1. The van der Waals surface area contributed by atoms with Gasteiger partial charge in [0.25, 0.3) is 5.91 Å². The lowest BCUT2D eigenvalue weighted by Crippen LogP contribution is -2.57. The lowest BCUT2D eigenvalue weighted by Gasteiger charge is -2.45. The molecule has 0 atom stereocenters. The highest BCUT2D eigenvalue weighted by Gasteiger charge is 2.50. The predicted octanol–water partition coefficient (Wildman–Crippen LogP) is 4.76. The van der Waals surface area contributed by atoms with Crippen LogP contribution in [0.15, 0.2) is 24.4 Å². The Morgan fingerprint density at radius 2 is 1.85 bits per heavy atom. The fourth-order valence-electron chi connectivity index (χ4n) is 6.66. The number of carbonyl (C=O) groups is 2. The van der Waals surface area contributed by atoms with Crippen LogP contribution < -0.4 is 10.1 Å². The second-order valence-corrected chi connectivity index (χ2v) is 12.4. The number of piperidine rings is 1. The second kappa shape index (κ2) is 11.5. The Hall–Kier alpha value is -2.76. The van der Waals surface area contributed by atoms with Gasteiger partial charge in [-0.15, -0.1) is 0 Å². The van der Waals surface area contributed by atoms with Crippen LogP contribution in [0.5, 0.6) is 5.75 Å². The summed E-state index contributed by atoms with van der Waals surface area (Å²) >= 11 is 6.03. The Morgan fingerprint density at radius 1 is 1.15 bits per heavy atom. The normalized spacial score (nSPS) is 21.3. The highest BCUT2D eigenvalue weighted by Crippen LogP contribution is 2.44. The molecule has 1 aromatic carbocycles. The summed E-state index contributed by atoms with van der Waals surface area (Å²) in [5.41, 5.74) is 0.325. The third-order valence-electron chi connectivity index (χ3n) is 9.02. The van der Waals surface area contributed by atoms with E-state index in [1.54, 1.807) is 0 Å². The van der Waals surface area contributed by atoms with Crippen molar-refractivity contribution in [1.82, 2.24) is 14.7 Å². The number of alkyl halides is 2. The van der Waals surface area contributed by atoms with Crippen molar-refractivity contribution in [2.75, 3.05) is 45.3 Å². The lowest BCUT2D eigenvalue weighted by atomic mass is 9.78. The van der Waals surface area contributed by atoms with Gasteiger partial charge < -0.3 is 24.4 Å². The molecule has 0 unspecified atom stereocenters. The molecule has 0 radical (unpaired) electrons. The van der Waals surface area contributed by atoms with Gasteiger partial charge in [0.15, 0.2) is 5.75 Å². The van der Waals surface area contributed by atoms with Crippen molar-refractivity contribution in [3.8, 4) is 5.75 Å². The largest absolute Gasteiger partial charge is 0.469 e. The molecule has 12 heteroatoms. The number of carbonyl (C=O) groups excluding carboxylic acids is 2. The van der Waals surface area contributed by atoms with Gasteiger partial charge >= 0.3 is 12.6 Å². The number of benzene rings is 1. The maximum atomic E-state index is 14.3. The minimum absolute atomic E-state index is 0.108. The number of amides is 1. The molecular weight excluding hydrogens is 558 g/mol. The van der Waals surface area contributed by atoms with Gasteiger partial charge in [0.1, 0.15) is 5.54 Å². The molecule has 1 aliphatic carbocycles. The van der Waals surface area contributed by atoms with E-state index in [9.17, 15) is 18.4 Å². The Balaban J connectivity index is 1.46. The number of halogens is 3. The van der Waals surface area contributed by atoms with Crippen molar-refractivity contribution in [2.45, 2.75) is 69.9 Å². The number of ether oxygens (including phenoxy) is 3. The van der Waals surface area contributed by atoms with Crippen LogP contribution in [-0.4, -0.2) is 73.1 Å². The van der Waals surface area contributed by atoms with E-state index in [1.165, 1.54) is 25.3 Å². The first kappa shape index (κ1) is 29.7. The Labute approximate surface area is 243 Å². The third kappa shape index (κ3) is 5.68. The number of hydrogen-bond acceptors (Lipinski definition) is 7. The number of likely N-dealkylation sites (tertiary alicyclic amines) is 1. The SMILES string of the molecule is COC(=O)C1(CN2CCC(C(=O)Nc3ccc(Cl)cc3OC(F)F)(n3ncc4c3C(C)(C)CC4)CC2)CCOCC1. The van der Waals surface area contributed by atoms with Gasteiger partial charge in [-0.25, -0.2) is 0 Å². The highest BCUT2D eigenvalue weighted by atomic mass is 35.5. The number of esters is 1. The molecule has 41 heavy (non-hydrogen) atoms. The second-order valence-electron chi connectivity index (χ2n) is 12.0. The van der Waals surface area contributed by atoms with Crippen molar-refractivity contribution < 1.29 is 32.6 Å². The highest BCUT2D eigenvalue weighted by molar-refractivity contribution is 6.30. The van der Waals surface area contributed by atoms with Crippen LogP contribution in [-0.2, 0) is 36.4 Å². The molecule has 1 aromatic heterocycles. The van der Waals surface area contributed by atoms with Crippen molar-refractivity contribution in [3.63, 3.8) is 0 Å². The average molecular weight is 595 g/mol. The average Bonchev–Trinajstić information content (AvgIpc) is 3.51. The minimum atomic E-state index is -3.08. The van der Waals surface area contributed by atoms with Crippen molar-refractivity contribution in [3.05, 3.63) is 40.7 Å². The van der Waals surface area contributed by atoms with E-state index in [1.807, 2.05) is 10.9 Å². The fraction of sp³-hybridized carbons (Fsp3) is 0.621. The lowest BCUT2D eigenvalue weighted by molar-refractivity contribution is -0.161. The summed E-state index contributed by atoms with van der Waals surface area (Å²) in [6, 6.07) is 4.23. The zero-order valence-corrected chi connectivity index (χ0v) is 24.4. The zero-order chi connectivity index (χ0) is 29.4. The topological polar surface area (TPSA) is 94.9 Å². The van der Waals surface area contributed by atoms with Gasteiger partial charge in [0.2, 0.25) is 0 Å². The number of aromatic nitrogens is 2. The number of nitrogens with zero attached hydrogens (tertiary/aromatic N) is 3. The molecule has 0 spiro atoms. The van der Waals surface area contributed by atoms with Crippen LogP contribution >= 0.6 is 11.6 Å². The summed E-state index contributed by atoms with van der Waals surface area (Å²) in [7, 11) is 1.41. The summed E-state index contributed by atoms with van der Waals surface area (Å²) in [4.78, 5) is 29.3. The molecule has 9 nitrogen and oxygen atoms in total. The monoisotopic (exact) mass is 594 g/mol. The van der Waals surface area contributed by atoms with Gasteiger partial charge in [-0.3, -0.25) is 14.3 Å². The number of aryl methyl sites for hydroxylation is 1. The maximum Gasteiger partial charge on any atom is 0.387 e. The summed E-state index contributed by atoms with van der Waals surface area (Å²) in [5.74, 6) is -0.809. The zero-order valence-electron chi connectivity index (χ0n) is 23.7. The molecule has 224 valence electrons. The van der Waals surface area contributed by atoms with Crippen LogP contribution in [0.4, 0.5) is 14.5 Å². The van der Waals surface area contributed by atoms with Gasteiger partial charge in [0.05, 0.1) is 24.4 Å². The number of rotatable bonds is 8. The molecule has 0 bridgehead atoms. The van der Waals surface area contributed by atoms with E-state index in [4.69, 9.17) is 26.2 Å². The van der Waals surface area contributed by atoms with Crippen LogP contribution in [0.1, 0.15) is 57.2 Å². The molecule has 2 saturated heterocycles. The molecule has 2 fully saturated rings. The summed E-state index contributed by atoms with van der Waals surface area (Å²) < 4.78 is 43.6. The Kier molecular flexibility index (Phi) is 8.33. The molecule has 3 heterocycles. The summed E-state index contributed by atoms with van der Waals surface area (Å²) in [6.07, 6.45) is 5.63. The van der Waals surface area contributed by atoms with Crippen molar-refractivity contribution in [2.24, 2.45) is 5.41 Å². The summed E-state index contributed by atoms with van der Waals surface area (Å²) in [6.45, 7) is 3.78. The molecular formula is C29H37ClF2N4O5. The van der Waals surface area contributed by atoms with Gasteiger partial charge in [-0.2, -0.15) is 13.9 Å². The smallest absolute Gasteiger partial charge is 0.387 e. The molecule has 5 rings (SSSR count). The molecule has 1 amide bonds. The first-order chi connectivity index (χ1) is 19.5. The van der Waals surface area contributed by atoms with E-state index in [2.05, 4.69) is 28.8 Å². The maximum absolute atomic E-state index is 14.3. The van der Waals surface area contributed by atoms with Crippen LogP contribution in [0.25, 0.3) is 0 Å². The van der Waals surface area contributed by atoms with E-state index < -0.39 is 17.6 Å². The third-order valence-corrected chi connectivity index (χ3v) is 9.25. The molecule has 1 N–H and O–H groups in total. The van der Waals surface area contributed by atoms with Crippen LogP contribution in [0.3, 0.4) is 0 Å². The van der Waals surface area contributed by atoms with Crippen molar-refractivity contribution in [1.29, 1.82) is 0 Å². The minimum Gasteiger partial charge on any atom is -0.469 e. The van der Waals surface area contributed by atoms with E-state index >= 15 is 0 Å². The van der Waals surface area contributed by atoms with Gasteiger partial charge in [0, 0.05) is 55.0 Å². The molecule has 0 saturated carbocycles. The number of fused-ring (bicyclic) bond motifs is 1. The first-order valence-corrected chi connectivity index (χ1v) is 14.4. The van der Waals surface area contributed by atoms with Gasteiger partial charge in [-0.05, 0) is 56.2 Å². The predicted molar refractivity (Wildman–Crippen MR) is 148 cm³/mol. The van der Waals surface area contributed by atoms with Crippen LogP contribution in [0, 0.1) is 5.41 Å². The van der Waals surface area contributed by atoms with Crippen LogP contribution in [0.2, 0.25) is 5.02 Å². The molecule has 3 aliphatic rings. The van der Waals surface area contributed by atoms with Crippen molar-refractivity contribution >= 4 is 29.2 Å². The molecule has 2 aromatic rings. The van der Waals surface area contributed by atoms with E-state index in [0.717, 1.165) is 24.1 Å².